The fourth-order valence-corrected chi connectivity index (χ4v) is 2.57. The Kier molecular flexibility index (Phi) is 2.41. The van der Waals surface area contributed by atoms with E-state index in [0.29, 0.717) is 0 Å². The van der Waals surface area contributed by atoms with Gasteiger partial charge in [-0.25, -0.2) is 14.5 Å². The van der Waals surface area contributed by atoms with Crippen LogP contribution in [0.1, 0.15) is 11.4 Å². The van der Waals surface area contributed by atoms with Gasteiger partial charge in [-0.2, -0.15) is 10.2 Å². The lowest BCUT2D eigenvalue weighted by Gasteiger charge is -2.06. The lowest BCUT2D eigenvalue weighted by Crippen LogP contribution is -1.99. The average molecular weight is 279 g/mol. The van der Waals surface area contributed by atoms with Crippen LogP contribution in [-0.2, 0) is 0 Å². The molecule has 4 aromatic heterocycles. The van der Waals surface area contributed by atoms with Gasteiger partial charge in [0, 0.05) is 24.8 Å². The van der Waals surface area contributed by atoms with Crippen LogP contribution < -0.4 is 0 Å². The van der Waals surface area contributed by atoms with Gasteiger partial charge in [0.1, 0.15) is 5.82 Å². The first-order valence-corrected chi connectivity index (χ1v) is 6.59. The zero-order valence-electron chi connectivity index (χ0n) is 11.6. The van der Waals surface area contributed by atoms with Crippen LogP contribution >= 0.6 is 0 Å². The molecule has 0 radical (unpaired) electrons. The van der Waals surface area contributed by atoms with Crippen molar-refractivity contribution in [3.63, 3.8) is 0 Å². The second kappa shape index (κ2) is 4.27. The van der Waals surface area contributed by atoms with Gasteiger partial charge >= 0.3 is 0 Å². The summed E-state index contributed by atoms with van der Waals surface area (Å²) < 4.78 is 3.75. The van der Waals surface area contributed by atoms with Crippen molar-refractivity contribution in [1.82, 2.24) is 34.3 Å². The molecule has 0 bridgehead atoms. The summed E-state index contributed by atoms with van der Waals surface area (Å²) in [4.78, 5) is 8.86. The summed E-state index contributed by atoms with van der Waals surface area (Å²) >= 11 is 0. The van der Waals surface area contributed by atoms with Crippen molar-refractivity contribution in [3.8, 4) is 17.1 Å². The fourth-order valence-electron chi connectivity index (χ4n) is 2.57. The lowest BCUT2D eigenvalue weighted by molar-refractivity contribution is 0.939. The predicted molar refractivity (Wildman–Crippen MR) is 77.2 cm³/mol. The van der Waals surface area contributed by atoms with E-state index in [0.717, 1.165) is 34.1 Å². The summed E-state index contributed by atoms with van der Waals surface area (Å²) in [5, 5.41) is 11.6. The molecule has 0 aliphatic heterocycles. The standard InChI is InChI=1S/C14H13N7/c1-9-12(10(2)19-18-9)20-7-5-16-13(20)11-8-17-21-6-3-4-15-14(11)21/h3-8H,1-2H3,(H,18,19). The zero-order chi connectivity index (χ0) is 14.4. The second-order valence-electron chi connectivity index (χ2n) is 4.85. The van der Waals surface area contributed by atoms with Crippen LogP contribution in [0.25, 0.3) is 22.7 Å². The maximum atomic E-state index is 4.47. The van der Waals surface area contributed by atoms with E-state index < -0.39 is 0 Å². The van der Waals surface area contributed by atoms with Gasteiger partial charge in [0.2, 0.25) is 0 Å². The van der Waals surface area contributed by atoms with Crippen molar-refractivity contribution in [2.24, 2.45) is 0 Å². The first-order valence-electron chi connectivity index (χ1n) is 6.59. The molecular weight excluding hydrogens is 266 g/mol. The van der Waals surface area contributed by atoms with E-state index in [-0.39, 0.29) is 0 Å². The van der Waals surface area contributed by atoms with Gasteiger partial charge in [-0.15, -0.1) is 0 Å². The summed E-state index contributed by atoms with van der Waals surface area (Å²) in [6.07, 6.45) is 9.10. The van der Waals surface area contributed by atoms with Crippen LogP contribution in [0.15, 0.2) is 37.1 Å². The topological polar surface area (TPSA) is 76.7 Å². The van der Waals surface area contributed by atoms with E-state index in [2.05, 4.69) is 25.3 Å². The Hall–Kier alpha value is -2.96. The van der Waals surface area contributed by atoms with Crippen LogP contribution in [0.3, 0.4) is 0 Å². The molecule has 4 heterocycles. The summed E-state index contributed by atoms with van der Waals surface area (Å²) in [5.41, 5.74) is 4.61. The molecule has 0 unspecified atom stereocenters. The first kappa shape index (κ1) is 11.8. The van der Waals surface area contributed by atoms with Crippen LogP contribution in [0.2, 0.25) is 0 Å². The molecule has 0 atom stereocenters. The Morgan fingerprint density at radius 2 is 2.00 bits per heavy atom. The third-order valence-corrected chi connectivity index (χ3v) is 3.49. The largest absolute Gasteiger partial charge is 0.296 e. The quantitative estimate of drug-likeness (QED) is 0.608. The summed E-state index contributed by atoms with van der Waals surface area (Å²) in [6, 6.07) is 1.85. The van der Waals surface area contributed by atoms with E-state index in [1.807, 2.05) is 36.9 Å². The number of fused-ring (bicyclic) bond motifs is 1. The van der Waals surface area contributed by atoms with E-state index in [9.17, 15) is 0 Å². The fraction of sp³-hybridized carbons (Fsp3) is 0.143. The molecular formula is C14H13N7. The molecule has 4 aromatic rings. The summed E-state index contributed by atoms with van der Waals surface area (Å²) in [6.45, 7) is 3.96. The SMILES string of the molecule is Cc1n[nH]c(C)c1-n1ccnc1-c1cnn2cccnc12. The Bertz CT molecular complexity index is 908. The number of aryl methyl sites for hydroxylation is 2. The lowest BCUT2D eigenvalue weighted by atomic mass is 10.2. The molecule has 7 heteroatoms. The highest BCUT2D eigenvalue weighted by Crippen LogP contribution is 2.26. The van der Waals surface area contributed by atoms with Gasteiger partial charge < -0.3 is 0 Å². The highest BCUT2D eigenvalue weighted by Gasteiger charge is 2.17. The Morgan fingerprint density at radius 1 is 1.10 bits per heavy atom. The average Bonchev–Trinajstić information content (AvgIpc) is 3.17. The van der Waals surface area contributed by atoms with Crippen molar-refractivity contribution in [1.29, 1.82) is 0 Å². The molecule has 21 heavy (non-hydrogen) atoms. The number of nitrogens with zero attached hydrogens (tertiary/aromatic N) is 6. The molecule has 0 fully saturated rings. The maximum absolute atomic E-state index is 4.47. The van der Waals surface area contributed by atoms with Gasteiger partial charge in [-0.1, -0.05) is 0 Å². The molecule has 0 saturated carbocycles. The van der Waals surface area contributed by atoms with Crippen LogP contribution in [0, 0.1) is 13.8 Å². The Balaban J connectivity index is 1.98. The van der Waals surface area contributed by atoms with Crippen molar-refractivity contribution in [2.45, 2.75) is 13.8 Å². The van der Waals surface area contributed by atoms with Crippen molar-refractivity contribution in [2.75, 3.05) is 0 Å². The minimum atomic E-state index is 0.781. The monoisotopic (exact) mass is 279 g/mol. The Labute approximate surface area is 120 Å². The Morgan fingerprint density at radius 3 is 2.81 bits per heavy atom. The van der Waals surface area contributed by atoms with Gasteiger partial charge in [0.25, 0.3) is 0 Å². The van der Waals surface area contributed by atoms with Crippen molar-refractivity contribution in [3.05, 3.63) is 48.4 Å². The smallest absolute Gasteiger partial charge is 0.165 e. The van der Waals surface area contributed by atoms with Gasteiger partial charge in [-0.05, 0) is 19.9 Å². The first-order chi connectivity index (χ1) is 10.3. The molecule has 0 saturated heterocycles. The normalized spacial score (nSPS) is 11.3. The molecule has 1 N–H and O–H groups in total. The summed E-state index contributed by atoms with van der Waals surface area (Å²) in [7, 11) is 0. The van der Waals surface area contributed by atoms with Gasteiger partial charge in [0.05, 0.1) is 28.8 Å². The number of H-pyrrole nitrogens is 1. The van der Waals surface area contributed by atoms with Crippen LogP contribution in [0.4, 0.5) is 0 Å². The molecule has 7 nitrogen and oxygen atoms in total. The van der Waals surface area contributed by atoms with Crippen molar-refractivity contribution >= 4 is 5.65 Å². The molecule has 0 aromatic carbocycles. The minimum absolute atomic E-state index is 0.781. The van der Waals surface area contributed by atoms with Crippen LogP contribution in [-0.4, -0.2) is 34.3 Å². The van der Waals surface area contributed by atoms with E-state index in [1.165, 1.54) is 0 Å². The van der Waals surface area contributed by atoms with Crippen LogP contribution in [0.5, 0.6) is 0 Å². The third-order valence-electron chi connectivity index (χ3n) is 3.49. The van der Waals surface area contributed by atoms with E-state index in [4.69, 9.17) is 0 Å². The predicted octanol–water partition coefficient (Wildman–Crippen LogP) is 1.92. The molecule has 0 aliphatic rings. The number of aromatic nitrogens is 7. The number of aromatic amines is 1. The molecule has 4 rings (SSSR count). The highest BCUT2D eigenvalue weighted by molar-refractivity contribution is 5.73. The minimum Gasteiger partial charge on any atom is -0.296 e. The number of hydrogen-bond acceptors (Lipinski definition) is 4. The molecule has 0 amide bonds. The number of imidazole rings is 1. The number of rotatable bonds is 2. The van der Waals surface area contributed by atoms with E-state index >= 15 is 0 Å². The number of nitrogens with one attached hydrogen (secondary N) is 1. The molecule has 0 aliphatic carbocycles. The third kappa shape index (κ3) is 1.67. The second-order valence-corrected chi connectivity index (χ2v) is 4.85. The highest BCUT2D eigenvalue weighted by atomic mass is 15.2. The summed E-state index contributed by atoms with van der Waals surface area (Å²) in [5.74, 6) is 0.802. The zero-order valence-corrected chi connectivity index (χ0v) is 11.6. The molecule has 104 valence electrons. The van der Waals surface area contributed by atoms with E-state index in [1.54, 1.807) is 23.1 Å². The van der Waals surface area contributed by atoms with Gasteiger partial charge in [-0.3, -0.25) is 9.67 Å². The molecule has 0 spiro atoms. The number of hydrogen-bond donors (Lipinski definition) is 1. The van der Waals surface area contributed by atoms with Gasteiger partial charge in [0.15, 0.2) is 5.65 Å². The maximum Gasteiger partial charge on any atom is 0.165 e. The van der Waals surface area contributed by atoms with Crippen molar-refractivity contribution < 1.29 is 0 Å².